The van der Waals surface area contributed by atoms with Gasteiger partial charge in [-0.25, -0.2) is 9.48 Å². The topological polar surface area (TPSA) is 81.1 Å². The average Bonchev–Trinajstić information content (AvgIpc) is 3.17. The molecule has 2 aromatic heterocycles. The van der Waals surface area contributed by atoms with E-state index in [1.807, 2.05) is 56.4 Å². The molecule has 0 bridgehead atoms. The second-order valence-electron chi connectivity index (χ2n) is 6.90. The molecule has 2 aromatic carbocycles. The van der Waals surface area contributed by atoms with Gasteiger partial charge in [-0.05, 0) is 50.0 Å². The maximum absolute atomic E-state index is 12.1. The average molecular weight is 366 g/mol. The van der Waals surface area contributed by atoms with Crippen molar-refractivity contribution in [2.45, 2.75) is 13.1 Å². The Morgan fingerprint density at radius 1 is 1.15 bits per heavy atom. The van der Waals surface area contributed by atoms with Crippen LogP contribution in [0.5, 0.6) is 0 Å². The van der Waals surface area contributed by atoms with E-state index in [9.17, 15) is 4.79 Å². The van der Waals surface area contributed by atoms with Gasteiger partial charge in [-0.2, -0.15) is 0 Å². The highest BCUT2D eigenvalue weighted by molar-refractivity contribution is 5.78. The molecule has 0 saturated carbocycles. The van der Waals surface area contributed by atoms with Crippen LogP contribution >= 0.6 is 0 Å². The second kappa shape index (κ2) is 6.88. The fourth-order valence-electron chi connectivity index (χ4n) is 3.08. The second-order valence-corrected chi connectivity index (χ2v) is 6.90. The highest BCUT2D eigenvalue weighted by Gasteiger charge is 2.10. The number of nitrogens with one attached hydrogen (secondary N) is 1. The number of nitrogens with zero attached hydrogens (tertiary/aromatic N) is 5. The van der Waals surface area contributed by atoms with Crippen LogP contribution in [0, 0.1) is 0 Å². The van der Waals surface area contributed by atoms with E-state index in [1.165, 1.54) is 0 Å². The number of hydrogen-bond donors (Lipinski definition) is 1. The third-order valence-electron chi connectivity index (χ3n) is 4.61. The van der Waals surface area contributed by atoms with Crippen LogP contribution in [0.2, 0.25) is 0 Å². The molecule has 0 unspecified atom stereocenters. The first kappa shape index (κ1) is 17.3. The molecule has 4 rings (SSSR count). The minimum Gasteiger partial charge on any atom is -0.408 e. The molecule has 0 aliphatic carbocycles. The summed E-state index contributed by atoms with van der Waals surface area (Å²) in [5, 5.41) is 11.6. The van der Waals surface area contributed by atoms with Gasteiger partial charge >= 0.3 is 5.76 Å². The van der Waals surface area contributed by atoms with Gasteiger partial charge < -0.3 is 14.6 Å². The summed E-state index contributed by atoms with van der Waals surface area (Å²) in [7, 11) is 5.84. The lowest BCUT2D eigenvalue weighted by Crippen LogP contribution is -2.23. The summed E-state index contributed by atoms with van der Waals surface area (Å²) in [5.41, 5.74) is 5.33. The number of likely N-dealkylation sites (N-methyl/N-ethyl adjacent to an activating group) is 1. The lowest BCUT2D eigenvalue weighted by atomic mass is 10.2. The Kier molecular flexibility index (Phi) is 4.41. The molecule has 0 aliphatic rings. The minimum absolute atomic E-state index is 0.322. The summed E-state index contributed by atoms with van der Waals surface area (Å²) >= 11 is 0. The van der Waals surface area contributed by atoms with Gasteiger partial charge in [0.2, 0.25) is 0 Å². The van der Waals surface area contributed by atoms with E-state index in [0.717, 1.165) is 34.3 Å². The number of benzene rings is 2. The van der Waals surface area contributed by atoms with Crippen LogP contribution in [0.4, 0.5) is 5.69 Å². The Balaban J connectivity index is 1.55. The molecule has 2 heterocycles. The molecular formula is C19H22N6O2. The van der Waals surface area contributed by atoms with Crippen LogP contribution in [-0.2, 0) is 20.1 Å². The van der Waals surface area contributed by atoms with E-state index in [4.69, 9.17) is 4.42 Å². The number of anilines is 1. The Morgan fingerprint density at radius 2 is 2.00 bits per heavy atom. The smallest absolute Gasteiger partial charge is 0.408 e. The van der Waals surface area contributed by atoms with Gasteiger partial charge in [-0.1, -0.05) is 11.3 Å². The first-order chi connectivity index (χ1) is 13.0. The normalized spacial score (nSPS) is 11.7. The third kappa shape index (κ3) is 3.43. The van der Waals surface area contributed by atoms with Crippen molar-refractivity contribution in [1.82, 2.24) is 24.5 Å². The molecule has 8 nitrogen and oxygen atoms in total. The predicted octanol–water partition coefficient (Wildman–Crippen LogP) is 2.05. The number of oxazole rings is 1. The van der Waals surface area contributed by atoms with E-state index in [-0.39, 0.29) is 5.76 Å². The van der Waals surface area contributed by atoms with Crippen LogP contribution in [0.25, 0.3) is 22.1 Å². The van der Waals surface area contributed by atoms with Gasteiger partial charge in [0.05, 0.1) is 11.0 Å². The molecule has 0 saturated heterocycles. The van der Waals surface area contributed by atoms with Gasteiger partial charge in [-0.15, -0.1) is 5.10 Å². The van der Waals surface area contributed by atoms with Crippen molar-refractivity contribution in [2.75, 3.05) is 26.0 Å². The standard InChI is InChI=1S/C19H22N6O2/c1-23(2)8-9-25-17-11-14(5-7-18(17)27-19(25)26)20-12-13-4-6-16-15(10-13)21-22-24(16)3/h4-7,10-11,20H,8-9,12H2,1-3H3. The number of aromatic nitrogens is 4. The van der Waals surface area contributed by atoms with Gasteiger partial charge in [-0.3, -0.25) is 4.57 Å². The Labute approximate surface area is 156 Å². The SMILES string of the molecule is CN(C)CCn1c(=O)oc2ccc(NCc3ccc4c(c3)nnn4C)cc21. The van der Waals surface area contributed by atoms with Crippen molar-refractivity contribution < 1.29 is 4.42 Å². The first-order valence-electron chi connectivity index (χ1n) is 8.81. The summed E-state index contributed by atoms with van der Waals surface area (Å²) in [5.74, 6) is -0.322. The Bertz CT molecular complexity index is 1150. The van der Waals surface area contributed by atoms with Gasteiger partial charge in [0.1, 0.15) is 5.52 Å². The van der Waals surface area contributed by atoms with Crippen molar-refractivity contribution in [3.8, 4) is 0 Å². The van der Waals surface area contributed by atoms with Crippen molar-refractivity contribution in [2.24, 2.45) is 7.05 Å². The van der Waals surface area contributed by atoms with E-state index < -0.39 is 0 Å². The molecule has 140 valence electrons. The fraction of sp³-hybridized carbons (Fsp3) is 0.316. The molecule has 8 heteroatoms. The number of aryl methyl sites for hydroxylation is 1. The molecule has 0 aliphatic heterocycles. The van der Waals surface area contributed by atoms with Gasteiger partial charge in [0, 0.05) is 32.4 Å². The lowest BCUT2D eigenvalue weighted by Gasteiger charge is -2.10. The zero-order chi connectivity index (χ0) is 19.0. The summed E-state index contributed by atoms with van der Waals surface area (Å²) in [6.07, 6.45) is 0. The summed E-state index contributed by atoms with van der Waals surface area (Å²) < 4.78 is 8.77. The maximum Gasteiger partial charge on any atom is 0.419 e. The van der Waals surface area contributed by atoms with Crippen molar-refractivity contribution >= 4 is 27.8 Å². The van der Waals surface area contributed by atoms with Crippen LogP contribution in [0.1, 0.15) is 5.56 Å². The largest absolute Gasteiger partial charge is 0.419 e. The molecule has 0 spiro atoms. The molecule has 0 fully saturated rings. The van der Waals surface area contributed by atoms with E-state index >= 15 is 0 Å². The minimum atomic E-state index is -0.322. The highest BCUT2D eigenvalue weighted by Crippen LogP contribution is 2.20. The summed E-state index contributed by atoms with van der Waals surface area (Å²) in [4.78, 5) is 14.1. The zero-order valence-electron chi connectivity index (χ0n) is 15.6. The number of hydrogen-bond acceptors (Lipinski definition) is 6. The monoisotopic (exact) mass is 366 g/mol. The van der Waals surface area contributed by atoms with E-state index in [0.29, 0.717) is 18.7 Å². The predicted molar refractivity (Wildman–Crippen MR) is 105 cm³/mol. The number of rotatable bonds is 6. The molecular weight excluding hydrogens is 344 g/mol. The van der Waals surface area contributed by atoms with Gasteiger partial charge in [0.15, 0.2) is 5.58 Å². The maximum atomic E-state index is 12.1. The van der Waals surface area contributed by atoms with Crippen LogP contribution in [0.3, 0.4) is 0 Å². The Morgan fingerprint density at radius 3 is 2.81 bits per heavy atom. The van der Waals surface area contributed by atoms with E-state index in [1.54, 1.807) is 9.25 Å². The first-order valence-corrected chi connectivity index (χ1v) is 8.81. The highest BCUT2D eigenvalue weighted by atomic mass is 16.4. The molecule has 1 N–H and O–H groups in total. The summed E-state index contributed by atoms with van der Waals surface area (Å²) in [6, 6.07) is 11.8. The molecule has 0 amide bonds. The summed E-state index contributed by atoms with van der Waals surface area (Å²) in [6.45, 7) is 2.01. The third-order valence-corrected chi connectivity index (χ3v) is 4.61. The molecule has 0 atom stereocenters. The van der Waals surface area contributed by atoms with Crippen molar-refractivity contribution in [3.05, 3.63) is 52.5 Å². The fourth-order valence-corrected chi connectivity index (χ4v) is 3.08. The zero-order valence-corrected chi connectivity index (χ0v) is 15.6. The van der Waals surface area contributed by atoms with Gasteiger partial charge in [0.25, 0.3) is 0 Å². The van der Waals surface area contributed by atoms with Crippen LogP contribution in [-0.4, -0.2) is 45.1 Å². The van der Waals surface area contributed by atoms with E-state index in [2.05, 4.69) is 21.7 Å². The van der Waals surface area contributed by atoms with Crippen molar-refractivity contribution in [3.63, 3.8) is 0 Å². The quantitative estimate of drug-likeness (QED) is 0.562. The molecule has 0 radical (unpaired) electrons. The van der Waals surface area contributed by atoms with Crippen molar-refractivity contribution in [1.29, 1.82) is 0 Å². The molecule has 27 heavy (non-hydrogen) atoms. The lowest BCUT2D eigenvalue weighted by molar-refractivity contribution is 0.374. The number of fused-ring (bicyclic) bond motifs is 2. The Hall–Kier alpha value is -3.13. The molecule has 4 aromatic rings. The van der Waals surface area contributed by atoms with Crippen LogP contribution in [0.15, 0.2) is 45.6 Å². The van der Waals surface area contributed by atoms with Crippen LogP contribution < -0.4 is 11.1 Å².